The Labute approximate surface area is 131 Å². The van der Waals surface area contributed by atoms with Gasteiger partial charge in [0.05, 0.1) is 4.47 Å². The third-order valence-electron chi connectivity index (χ3n) is 3.47. The van der Waals surface area contributed by atoms with E-state index in [0.29, 0.717) is 11.8 Å². The summed E-state index contributed by atoms with van der Waals surface area (Å²) in [5.74, 6) is 6.37. The molecule has 1 aliphatic heterocycles. The van der Waals surface area contributed by atoms with Crippen molar-refractivity contribution in [2.75, 3.05) is 28.7 Å². The Morgan fingerprint density at radius 2 is 1.86 bits per heavy atom. The van der Waals surface area contributed by atoms with Crippen LogP contribution in [0.15, 0.2) is 34.9 Å². The number of hydrogen-bond donors (Lipinski definition) is 3. The number of nitrogens with two attached hydrogens (primary N) is 1. The zero-order valence-electron chi connectivity index (χ0n) is 11.5. The minimum Gasteiger partial charge on any atom is -0.372 e. The molecule has 0 spiro atoms. The highest BCUT2D eigenvalue weighted by atomic mass is 79.9. The smallest absolute Gasteiger partial charge is 0.239 e. The summed E-state index contributed by atoms with van der Waals surface area (Å²) >= 11 is 3.42. The highest BCUT2D eigenvalue weighted by molar-refractivity contribution is 9.10. The number of anilines is 4. The van der Waals surface area contributed by atoms with E-state index in [2.05, 4.69) is 65.8 Å². The largest absolute Gasteiger partial charge is 0.372 e. The Bertz CT molecular complexity index is 609. The Morgan fingerprint density at radius 1 is 1.14 bits per heavy atom. The van der Waals surface area contributed by atoms with Gasteiger partial charge in [-0.25, -0.2) is 10.8 Å². The highest BCUT2D eigenvalue weighted by Gasteiger charge is 2.12. The van der Waals surface area contributed by atoms with Crippen molar-refractivity contribution < 1.29 is 0 Å². The Kier molecular flexibility index (Phi) is 4.21. The first-order valence-corrected chi connectivity index (χ1v) is 7.67. The molecular formula is C14H17BrN6. The van der Waals surface area contributed by atoms with Crippen LogP contribution in [0.4, 0.5) is 23.1 Å². The molecule has 1 aromatic carbocycles. The quantitative estimate of drug-likeness (QED) is 0.582. The number of halogens is 1. The van der Waals surface area contributed by atoms with Gasteiger partial charge in [-0.1, -0.05) is 0 Å². The van der Waals surface area contributed by atoms with E-state index in [1.54, 1.807) is 6.20 Å². The molecule has 0 bridgehead atoms. The van der Waals surface area contributed by atoms with Crippen molar-refractivity contribution in [2.45, 2.75) is 12.8 Å². The first-order chi connectivity index (χ1) is 10.3. The number of rotatable bonds is 4. The lowest BCUT2D eigenvalue weighted by molar-refractivity contribution is 0.949. The van der Waals surface area contributed by atoms with Crippen molar-refractivity contribution in [3.63, 3.8) is 0 Å². The first-order valence-electron chi connectivity index (χ1n) is 6.87. The number of hydrogen-bond acceptors (Lipinski definition) is 6. The summed E-state index contributed by atoms with van der Waals surface area (Å²) in [6.45, 7) is 2.30. The number of nitrogen functional groups attached to an aromatic ring is 1. The molecule has 6 nitrogen and oxygen atoms in total. The van der Waals surface area contributed by atoms with Crippen molar-refractivity contribution in [3.05, 3.63) is 34.9 Å². The van der Waals surface area contributed by atoms with Crippen LogP contribution >= 0.6 is 15.9 Å². The molecule has 1 aromatic heterocycles. The van der Waals surface area contributed by atoms with Gasteiger partial charge >= 0.3 is 0 Å². The van der Waals surface area contributed by atoms with Crippen LogP contribution in [-0.2, 0) is 0 Å². The second kappa shape index (κ2) is 6.28. The summed E-state index contributed by atoms with van der Waals surface area (Å²) < 4.78 is 0.783. The van der Waals surface area contributed by atoms with E-state index in [1.807, 2.05) is 0 Å². The molecular weight excluding hydrogens is 332 g/mol. The van der Waals surface area contributed by atoms with Crippen LogP contribution in [0, 0.1) is 0 Å². The van der Waals surface area contributed by atoms with E-state index in [9.17, 15) is 0 Å². The summed E-state index contributed by atoms with van der Waals surface area (Å²) in [5.41, 5.74) is 4.68. The minimum atomic E-state index is 0.370. The van der Waals surface area contributed by atoms with Crippen molar-refractivity contribution >= 4 is 39.1 Å². The molecule has 3 rings (SSSR count). The van der Waals surface area contributed by atoms with E-state index in [0.717, 1.165) is 23.2 Å². The maximum atomic E-state index is 5.33. The zero-order valence-corrected chi connectivity index (χ0v) is 13.1. The fourth-order valence-corrected chi connectivity index (χ4v) is 2.68. The van der Waals surface area contributed by atoms with Gasteiger partial charge in [0.25, 0.3) is 0 Å². The molecule has 7 heteroatoms. The lowest BCUT2D eigenvalue weighted by Crippen LogP contribution is -2.17. The van der Waals surface area contributed by atoms with Gasteiger partial charge in [0.2, 0.25) is 5.95 Å². The van der Waals surface area contributed by atoms with Crippen LogP contribution in [-0.4, -0.2) is 23.1 Å². The molecule has 4 N–H and O–H groups in total. The Morgan fingerprint density at radius 3 is 2.52 bits per heavy atom. The molecule has 21 heavy (non-hydrogen) atoms. The van der Waals surface area contributed by atoms with Crippen molar-refractivity contribution in [2.24, 2.45) is 5.84 Å². The summed E-state index contributed by atoms with van der Waals surface area (Å²) in [7, 11) is 0. The van der Waals surface area contributed by atoms with Gasteiger partial charge in [-0.05, 0) is 53.0 Å². The van der Waals surface area contributed by atoms with Crippen molar-refractivity contribution in [1.82, 2.24) is 9.97 Å². The third kappa shape index (κ3) is 3.25. The second-order valence-electron chi connectivity index (χ2n) is 4.90. The van der Waals surface area contributed by atoms with Gasteiger partial charge in [-0.3, -0.25) is 5.43 Å². The zero-order chi connectivity index (χ0) is 14.7. The van der Waals surface area contributed by atoms with Crippen LogP contribution in [0.2, 0.25) is 0 Å². The molecule has 0 radical (unpaired) electrons. The normalized spacial score (nSPS) is 14.3. The number of nitrogens with zero attached hydrogens (tertiary/aromatic N) is 3. The standard InChI is InChI=1S/C14H17BrN6/c15-12-9-17-14(20-16)19-13(12)18-10-3-5-11(6-4-10)21-7-1-2-8-21/h3-6,9H,1-2,7-8,16H2,(H2,17,18,19,20). The van der Waals surface area contributed by atoms with Crippen molar-refractivity contribution in [3.8, 4) is 0 Å². The van der Waals surface area contributed by atoms with Crippen LogP contribution in [0.25, 0.3) is 0 Å². The summed E-state index contributed by atoms with van der Waals surface area (Å²) in [6.07, 6.45) is 4.22. The van der Waals surface area contributed by atoms with Gasteiger partial charge in [-0.2, -0.15) is 4.98 Å². The SMILES string of the molecule is NNc1ncc(Br)c(Nc2ccc(N3CCCC3)cc2)n1. The van der Waals surface area contributed by atoms with Crippen LogP contribution in [0.5, 0.6) is 0 Å². The topological polar surface area (TPSA) is 79.1 Å². The molecule has 1 saturated heterocycles. The Balaban J connectivity index is 1.75. The van der Waals surface area contributed by atoms with Gasteiger partial charge in [-0.15, -0.1) is 0 Å². The number of hydrazine groups is 1. The van der Waals surface area contributed by atoms with Crippen LogP contribution < -0.4 is 21.5 Å². The molecule has 2 aromatic rings. The highest BCUT2D eigenvalue weighted by Crippen LogP contribution is 2.26. The second-order valence-corrected chi connectivity index (χ2v) is 5.75. The number of aromatic nitrogens is 2. The third-order valence-corrected chi connectivity index (χ3v) is 4.05. The lowest BCUT2D eigenvalue weighted by Gasteiger charge is -2.18. The van der Waals surface area contributed by atoms with E-state index in [1.165, 1.54) is 18.5 Å². The van der Waals surface area contributed by atoms with E-state index in [4.69, 9.17) is 5.84 Å². The molecule has 0 amide bonds. The number of benzene rings is 1. The maximum absolute atomic E-state index is 5.33. The van der Waals surface area contributed by atoms with Gasteiger partial charge < -0.3 is 10.2 Å². The lowest BCUT2D eigenvalue weighted by atomic mass is 10.2. The average molecular weight is 349 g/mol. The molecule has 0 unspecified atom stereocenters. The van der Waals surface area contributed by atoms with Gasteiger partial charge in [0.1, 0.15) is 5.82 Å². The van der Waals surface area contributed by atoms with Crippen molar-refractivity contribution in [1.29, 1.82) is 0 Å². The van der Waals surface area contributed by atoms with E-state index >= 15 is 0 Å². The fraction of sp³-hybridized carbons (Fsp3) is 0.286. The fourth-order valence-electron chi connectivity index (χ4n) is 2.39. The summed E-state index contributed by atoms with van der Waals surface area (Å²) in [6, 6.07) is 8.37. The first kappa shape index (κ1) is 14.1. The predicted octanol–water partition coefficient (Wildman–Crippen LogP) is 2.87. The van der Waals surface area contributed by atoms with Crippen LogP contribution in [0.3, 0.4) is 0 Å². The van der Waals surface area contributed by atoms with E-state index < -0.39 is 0 Å². The monoisotopic (exact) mass is 348 g/mol. The molecule has 0 atom stereocenters. The van der Waals surface area contributed by atoms with Gasteiger partial charge in [0.15, 0.2) is 0 Å². The molecule has 1 fully saturated rings. The average Bonchev–Trinajstić information content (AvgIpc) is 3.04. The molecule has 110 valence electrons. The maximum Gasteiger partial charge on any atom is 0.239 e. The molecule has 1 aliphatic rings. The molecule has 2 heterocycles. The summed E-state index contributed by atoms with van der Waals surface area (Å²) in [4.78, 5) is 10.7. The predicted molar refractivity (Wildman–Crippen MR) is 88.7 cm³/mol. The van der Waals surface area contributed by atoms with Crippen LogP contribution in [0.1, 0.15) is 12.8 Å². The summed E-state index contributed by atoms with van der Waals surface area (Å²) in [5, 5.41) is 3.25. The van der Waals surface area contributed by atoms with E-state index in [-0.39, 0.29) is 0 Å². The Hall–Kier alpha value is -1.86. The van der Waals surface area contributed by atoms with Gasteiger partial charge in [0, 0.05) is 30.7 Å². The molecule has 0 saturated carbocycles. The number of nitrogens with one attached hydrogen (secondary N) is 2. The minimum absolute atomic E-state index is 0.370. The molecule has 0 aliphatic carbocycles.